The van der Waals surface area contributed by atoms with Crippen LogP contribution in [0.4, 0.5) is 11.4 Å². The third-order valence-electron chi connectivity index (χ3n) is 11.9. The molecule has 8 bridgehead atoms. The molecule has 2 aliphatic heterocycles. The summed E-state index contributed by atoms with van der Waals surface area (Å²) in [5.74, 6) is 0. The second-order valence-corrected chi connectivity index (χ2v) is 21.0. The molecular weight excluding hydrogens is 777 g/mol. The lowest BCUT2D eigenvalue weighted by Gasteiger charge is -2.26. The van der Waals surface area contributed by atoms with E-state index in [9.17, 15) is 10.1 Å². The molecule has 63 heavy (non-hydrogen) atoms. The Hall–Kier alpha value is -6.67. The van der Waals surface area contributed by atoms with Gasteiger partial charge in [-0.3, -0.25) is 15.1 Å². The van der Waals surface area contributed by atoms with Gasteiger partial charge in [-0.2, -0.15) is 0 Å². The van der Waals surface area contributed by atoms with Gasteiger partial charge in [0.15, 0.2) is 0 Å². The number of nitro groups is 1. The SMILES string of the molecule is CC(C)(C)c1cc(-c2c3nc(c(N=Cc4ccc([N+](=O)[O-])cc4)c4ccc([nH]4)c(-c4cc(C(C)(C)C)cc(C(C)(C)C)c4)c4nc(cc5ccc2[nH]5)C=C4)C=C3)cc(C(C)(C)C)c1. The Morgan fingerprint density at radius 3 is 1.51 bits per heavy atom. The number of H-pyrrole nitrogens is 2. The average Bonchev–Trinajstić information content (AvgIpc) is 4.04. The number of aromatic nitrogens is 4. The summed E-state index contributed by atoms with van der Waals surface area (Å²) < 4.78 is 0. The molecule has 0 radical (unpaired) electrons. The number of hydrogen-bond donors (Lipinski definition) is 2. The zero-order chi connectivity index (χ0) is 45.2. The number of nitro benzene ring substituents is 1. The van der Waals surface area contributed by atoms with Crippen LogP contribution in [-0.2, 0) is 21.7 Å². The van der Waals surface area contributed by atoms with Crippen LogP contribution >= 0.6 is 0 Å². The third kappa shape index (κ3) is 8.99. The first-order chi connectivity index (χ1) is 29.5. The first kappa shape index (κ1) is 43.0. The van der Waals surface area contributed by atoms with Crippen LogP contribution in [0.2, 0.25) is 0 Å². The van der Waals surface area contributed by atoms with E-state index in [0.29, 0.717) is 11.4 Å². The summed E-state index contributed by atoms with van der Waals surface area (Å²) in [5.41, 5.74) is 16.8. The molecule has 5 heterocycles. The minimum Gasteiger partial charge on any atom is -0.355 e. The van der Waals surface area contributed by atoms with E-state index < -0.39 is 4.92 Å². The second kappa shape index (κ2) is 15.6. The van der Waals surface area contributed by atoms with Crippen molar-refractivity contribution in [2.24, 2.45) is 4.99 Å². The first-order valence-corrected chi connectivity index (χ1v) is 21.8. The molecule has 0 unspecified atom stereocenters. The lowest BCUT2D eigenvalue weighted by atomic mass is 9.78. The van der Waals surface area contributed by atoms with E-state index in [0.717, 1.165) is 67.0 Å². The summed E-state index contributed by atoms with van der Waals surface area (Å²) in [5, 5.41) is 11.5. The fraction of sp³-hybridized carbons (Fsp3) is 0.291. The largest absolute Gasteiger partial charge is 0.355 e. The monoisotopic (exact) mass is 834 g/mol. The molecule has 6 aromatic rings. The highest BCUT2D eigenvalue weighted by Crippen LogP contribution is 2.41. The van der Waals surface area contributed by atoms with Crippen molar-refractivity contribution >= 4 is 64.0 Å². The van der Waals surface area contributed by atoms with Crippen LogP contribution < -0.4 is 0 Å². The van der Waals surface area contributed by atoms with E-state index in [-0.39, 0.29) is 27.3 Å². The van der Waals surface area contributed by atoms with E-state index in [1.807, 2.05) is 6.08 Å². The van der Waals surface area contributed by atoms with Crippen molar-refractivity contribution in [3.8, 4) is 22.3 Å². The van der Waals surface area contributed by atoms with Gasteiger partial charge in [-0.05, 0) is 127 Å². The molecule has 0 atom stereocenters. The molecule has 8 nitrogen and oxygen atoms in total. The molecule has 8 heteroatoms. The Balaban J connectivity index is 1.49. The molecule has 2 N–H and O–H groups in total. The van der Waals surface area contributed by atoms with Gasteiger partial charge in [0.05, 0.1) is 33.2 Å². The van der Waals surface area contributed by atoms with Crippen molar-refractivity contribution in [1.29, 1.82) is 0 Å². The Kier molecular flexibility index (Phi) is 10.6. The second-order valence-electron chi connectivity index (χ2n) is 21.0. The molecule has 3 aromatic carbocycles. The normalized spacial score (nSPS) is 13.3. The van der Waals surface area contributed by atoms with Crippen LogP contribution in [0.1, 0.15) is 134 Å². The number of nitrogens with zero attached hydrogens (tertiary/aromatic N) is 4. The molecule has 0 saturated heterocycles. The highest BCUT2D eigenvalue weighted by Gasteiger charge is 2.25. The van der Waals surface area contributed by atoms with Crippen LogP contribution in [0.25, 0.3) is 68.6 Å². The van der Waals surface area contributed by atoms with Gasteiger partial charge in [0.25, 0.3) is 5.69 Å². The van der Waals surface area contributed by atoms with Gasteiger partial charge >= 0.3 is 0 Å². The number of aliphatic imine (C=N–C) groups is 1. The summed E-state index contributed by atoms with van der Waals surface area (Å²) >= 11 is 0. The van der Waals surface area contributed by atoms with Gasteiger partial charge < -0.3 is 9.97 Å². The topological polar surface area (TPSA) is 113 Å². The molecular formula is C55H58N6O2. The summed E-state index contributed by atoms with van der Waals surface area (Å²) in [6.45, 7) is 27.1. The number of non-ortho nitro benzene ring substituents is 1. The molecule has 0 amide bonds. The maximum Gasteiger partial charge on any atom is 0.269 e. The molecule has 2 aliphatic rings. The highest BCUT2D eigenvalue weighted by molar-refractivity contribution is 5.97. The van der Waals surface area contributed by atoms with Gasteiger partial charge in [-0.1, -0.05) is 119 Å². The van der Waals surface area contributed by atoms with Crippen LogP contribution in [0, 0.1) is 10.1 Å². The lowest BCUT2D eigenvalue weighted by molar-refractivity contribution is -0.384. The van der Waals surface area contributed by atoms with Gasteiger partial charge in [-0.25, -0.2) is 9.97 Å². The number of nitrogens with one attached hydrogen (secondary N) is 2. The smallest absolute Gasteiger partial charge is 0.269 e. The zero-order valence-corrected chi connectivity index (χ0v) is 38.7. The van der Waals surface area contributed by atoms with Crippen molar-refractivity contribution < 1.29 is 4.92 Å². The lowest BCUT2D eigenvalue weighted by Crippen LogP contribution is -2.16. The summed E-state index contributed by atoms with van der Waals surface area (Å²) in [4.78, 5) is 34.4. The predicted molar refractivity (Wildman–Crippen MR) is 265 cm³/mol. The van der Waals surface area contributed by atoms with Gasteiger partial charge in [-0.15, -0.1) is 0 Å². The van der Waals surface area contributed by atoms with E-state index in [2.05, 4.69) is 178 Å². The Morgan fingerprint density at radius 1 is 0.524 bits per heavy atom. The predicted octanol–water partition coefficient (Wildman–Crippen LogP) is 14.8. The fourth-order valence-corrected chi connectivity index (χ4v) is 7.96. The van der Waals surface area contributed by atoms with E-state index in [4.69, 9.17) is 15.0 Å². The molecule has 0 saturated carbocycles. The van der Waals surface area contributed by atoms with Gasteiger partial charge in [0.2, 0.25) is 0 Å². The summed E-state index contributed by atoms with van der Waals surface area (Å²) in [7, 11) is 0. The van der Waals surface area contributed by atoms with E-state index in [1.165, 1.54) is 34.4 Å². The van der Waals surface area contributed by atoms with Crippen molar-refractivity contribution in [3.63, 3.8) is 0 Å². The molecule has 0 spiro atoms. The quantitative estimate of drug-likeness (QED) is 0.102. The summed E-state index contributed by atoms with van der Waals surface area (Å²) in [6, 6.07) is 30.8. The number of benzene rings is 3. The van der Waals surface area contributed by atoms with Gasteiger partial charge in [0.1, 0.15) is 5.69 Å². The van der Waals surface area contributed by atoms with E-state index in [1.54, 1.807) is 18.3 Å². The maximum atomic E-state index is 11.5. The third-order valence-corrected chi connectivity index (χ3v) is 11.9. The van der Waals surface area contributed by atoms with Crippen molar-refractivity contribution in [3.05, 3.63) is 152 Å². The number of fused-ring (bicyclic) bond motifs is 8. The molecule has 8 rings (SSSR count). The molecule has 320 valence electrons. The minimum absolute atomic E-state index is 0.0247. The first-order valence-electron chi connectivity index (χ1n) is 21.8. The Bertz CT molecular complexity index is 2920. The minimum atomic E-state index is -0.394. The summed E-state index contributed by atoms with van der Waals surface area (Å²) in [6.07, 6.45) is 10.0. The van der Waals surface area contributed by atoms with Crippen molar-refractivity contribution in [2.45, 2.75) is 105 Å². The van der Waals surface area contributed by atoms with Crippen LogP contribution in [0.15, 0.2) is 96.0 Å². The maximum absolute atomic E-state index is 11.5. The number of hydrogen-bond acceptors (Lipinski definition) is 5. The Morgan fingerprint density at radius 2 is 0.984 bits per heavy atom. The van der Waals surface area contributed by atoms with Gasteiger partial charge in [0, 0.05) is 46.0 Å². The molecule has 0 fully saturated rings. The van der Waals surface area contributed by atoms with Crippen molar-refractivity contribution in [2.75, 3.05) is 0 Å². The standard InChI is InChI=1S/C55H58N6O2/c1-52(2,3)36-25-34(26-37(29-36)53(4,5)6)49-43-19-15-40(57-43)31-41-16-20-44(58-41)50(35-27-38(54(7,8)9)30-39(28-35)55(10,11)12)46-22-24-48(60-46)51(47-23-21-45(49)59-47)56-32-33-13-17-42(18-14-33)61(62)63/h13-32,57,60H,1-12H3. The van der Waals surface area contributed by atoms with Crippen LogP contribution in [0.3, 0.4) is 0 Å². The van der Waals surface area contributed by atoms with Crippen LogP contribution in [0.5, 0.6) is 0 Å². The molecule has 3 aromatic heterocycles. The molecule has 0 aliphatic carbocycles. The number of aromatic amines is 2. The van der Waals surface area contributed by atoms with E-state index >= 15 is 0 Å². The fourth-order valence-electron chi connectivity index (χ4n) is 7.96. The highest BCUT2D eigenvalue weighted by atomic mass is 16.6. The zero-order valence-electron chi connectivity index (χ0n) is 38.7. The Labute approximate surface area is 371 Å². The van der Waals surface area contributed by atoms with Crippen LogP contribution in [-0.4, -0.2) is 31.1 Å². The average molecular weight is 835 g/mol. The number of rotatable bonds is 5. The van der Waals surface area contributed by atoms with Crippen molar-refractivity contribution in [1.82, 2.24) is 19.9 Å².